The van der Waals surface area contributed by atoms with Gasteiger partial charge in [0.2, 0.25) is 0 Å². The molecule has 0 amide bonds. The molecule has 74 valence electrons. The predicted octanol–water partition coefficient (Wildman–Crippen LogP) is 1.70. The summed E-state index contributed by atoms with van der Waals surface area (Å²) >= 11 is 0. The van der Waals surface area contributed by atoms with Crippen LogP contribution in [0.1, 0.15) is 31.8 Å². The van der Waals surface area contributed by atoms with Gasteiger partial charge in [-0.05, 0) is 19.3 Å². The van der Waals surface area contributed by atoms with Gasteiger partial charge in [-0.2, -0.15) is 0 Å². The zero-order chi connectivity index (χ0) is 9.84. The van der Waals surface area contributed by atoms with E-state index >= 15 is 0 Å². The van der Waals surface area contributed by atoms with Crippen molar-refractivity contribution in [3.05, 3.63) is 17.7 Å². The topological polar surface area (TPSA) is 43.8 Å². The Kier molecular flexibility index (Phi) is 3.48. The minimum absolute atomic E-state index is 0.582. The highest BCUT2D eigenvalue weighted by molar-refractivity contribution is 5.03. The van der Waals surface area contributed by atoms with Crippen molar-refractivity contribution >= 4 is 0 Å². The number of hydrogen-bond acceptors (Lipinski definition) is 2. The highest BCUT2D eigenvalue weighted by Crippen LogP contribution is 2.08. The van der Waals surface area contributed by atoms with E-state index in [1.165, 1.54) is 6.42 Å². The average molecular weight is 181 g/mol. The first-order valence-electron chi connectivity index (χ1n) is 4.86. The third kappa shape index (κ3) is 2.56. The number of imidazole rings is 1. The molecule has 0 bridgehead atoms. The minimum Gasteiger partial charge on any atom is -0.331 e. The Morgan fingerprint density at radius 3 is 2.77 bits per heavy atom. The van der Waals surface area contributed by atoms with Gasteiger partial charge < -0.3 is 10.3 Å². The van der Waals surface area contributed by atoms with Gasteiger partial charge in [-0.1, -0.05) is 13.8 Å². The first kappa shape index (κ1) is 10.3. The fourth-order valence-corrected chi connectivity index (χ4v) is 1.37. The molecular weight excluding hydrogens is 162 g/mol. The molecule has 0 saturated heterocycles. The first-order chi connectivity index (χ1) is 6.15. The molecular formula is C10H19N3. The lowest BCUT2D eigenvalue weighted by atomic mass is 10.1. The molecule has 0 aliphatic heterocycles. The fraction of sp³-hybridized carbons (Fsp3) is 0.700. The van der Waals surface area contributed by atoms with E-state index in [2.05, 4.69) is 23.4 Å². The first-order valence-corrected chi connectivity index (χ1v) is 4.86. The molecule has 0 unspecified atom stereocenters. The van der Waals surface area contributed by atoms with E-state index < -0.39 is 0 Å². The molecule has 2 N–H and O–H groups in total. The Hall–Kier alpha value is -0.830. The minimum atomic E-state index is 0.582. The Morgan fingerprint density at radius 2 is 2.23 bits per heavy atom. The SMILES string of the molecule is Cc1ncc(CN)n1CCC(C)C. The van der Waals surface area contributed by atoms with E-state index in [0.717, 1.165) is 24.0 Å². The molecule has 0 aliphatic carbocycles. The van der Waals surface area contributed by atoms with Crippen molar-refractivity contribution < 1.29 is 0 Å². The van der Waals surface area contributed by atoms with Crippen LogP contribution in [-0.4, -0.2) is 9.55 Å². The second-order valence-corrected chi connectivity index (χ2v) is 3.84. The van der Waals surface area contributed by atoms with E-state index in [1.807, 2.05) is 13.1 Å². The van der Waals surface area contributed by atoms with Crippen LogP contribution in [0.25, 0.3) is 0 Å². The lowest BCUT2D eigenvalue weighted by Gasteiger charge is -2.10. The normalized spacial score (nSPS) is 11.2. The van der Waals surface area contributed by atoms with E-state index in [4.69, 9.17) is 5.73 Å². The third-order valence-electron chi connectivity index (χ3n) is 2.28. The van der Waals surface area contributed by atoms with Crippen molar-refractivity contribution in [2.24, 2.45) is 11.7 Å². The smallest absolute Gasteiger partial charge is 0.105 e. The average Bonchev–Trinajstić information content (AvgIpc) is 2.43. The maximum Gasteiger partial charge on any atom is 0.105 e. The highest BCUT2D eigenvalue weighted by atomic mass is 15.1. The van der Waals surface area contributed by atoms with Crippen LogP contribution in [0.15, 0.2) is 6.20 Å². The van der Waals surface area contributed by atoms with Crippen molar-refractivity contribution in [2.45, 2.75) is 40.3 Å². The number of nitrogens with two attached hydrogens (primary N) is 1. The van der Waals surface area contributed by atoms with Crippen LogP contribution in [0.3, 0.4) is 0 Å². The zero-order valence-electron chi connectivity index (χ0n) is 8.75. The third-order valence-corrected chi connectivity index (χ3v) is 2.28. The van der Waals surface area contributed by atoms with Gasteiger partial charge in [-0.15, -0.1) is 0 Å². The summed E-state index contributed by atoms with van der Waals surface area (Å²) in [7, 11) is 0. The quantitative estimate of drug-likeness (QED) is 0.768. The van der Waals surface area contributed by atoms with Gasteiger partial charge >= 0.3 is 0 Å². The summed E-state index contributed by atoms with van der Waals surface area (Å²) in [6.07, 6.45) is 3.06. The maximum atomic E-state index is 5.61. The van der Waals surface area contributed by atoms with Crippen LogP contribution in [0.2, 0.25) is 0 Å². The summed E-state index contributed by atoms with van der Waals surface area (Å²) in [6.45, 7) is 8.11. The molecule has 13 heavy (non-hydrogen) atoms. The molecule has 0 radical (unpaired) electrons. The fourth-order valence-electron chi connectivity index (χ4n) is 1.37. The van der Waals surface area contributed by atoms with Crippen LogP contribution in [0.4, 0.5) is 0 Å². The van der Waals surface area contributed by atoms with Crippen LogP contribution in [-0.2, 0) is 13.1 Å². The Labute approximate surface area is 80.0 Å². The van der Waals surface area contributed by atoms with E-state index in [-0.39, 0.29) is 0 Å². The zero-order valence-corrected chi connectivity index (χ0v) is 8.75. The van der Waals surface area contributed by atoms with E-state index in [9.17, 15) is 0 Å². The van der Waals surface area contributed by atoms with Gasteiger partial charge in [0, 0.05) is 19.3 Å². The molecule has 3 heteroatoms. The van der Waals surface area contributed by atoms with Gasteiger partial charge in [0.1, 0.15) is 5.82 Å². The van der Waals surface area contributed by atoms with Gasteiger partial charge in [-0.3, -0.25) is 0 Å². The van der Waals surface area contributed by atoms with Gasteiger partial charge in [0.25, 0.3) is 0 Å². The largest absolute Gasteiger partial charge is 0.331 e. The van der Waals surface area contributed by atoms with E-state index in [0.29, 0.717) is 6.54 Å². The molecule has 1 rings (SSSR count). The van der Waals surface area contributed by atoms with Crippen LogP contribution in [0.5, 0.6) is 0 Å². The molecule has 0 atom stereocenters. The van der Waals surface area contributed by atoms with Crippen molar-refractivity contribution in [3.63, 3.8) is 0 Å². The van der Waals surface area contributed by atoms with Crippen molar-refractivity contribution in [1.29, 1.82) is 0 Å². The second kappa shape index (κ2) is 4.42. The van der Waals surface area contributed by atoms with Crippen molar-refractivity contribution in [2.75, 3.05) is 0 Å². The van der Waals surface area contributed by atoms with Gasteiger partial charge in [0.05, 0.1) is 5.69 Å². The number of hydrogen-bond donors (Lipinski definition) is 1. The molecule has 0 aliphatic rings. The number of aryl methyl sites for hydroxylation is 1. The summed E-state index contributed by atoms with van der Waals surface area (Å²) in [5, 5.41) is 0. The summed E-state index contributed by atoms with van der Waals surface area (Å²) in [4.78, 5) is 4.25. The number of rotatable bonds is 4. The molecule has 0 spiro atoms. The molecule has 1 aromatic heterocycles. The summed E-state index contributed by atoms with van der Waals surface area (Å²) in [5.41, 5.74) is 6.75. The summed E-state index contributed by atoms with van der Waals surface area (Å²) in [6, 6.07) is 0. The lowest BCUT2D eigenvalue weighted by Crippen LogP contribution is -2.10. The van der Waals surface area contributed by atoms with Crippen LogP contribution in [0, 0.1) is 12.8 Å². The molecule has 0 saturated carbocycles. The highest BCUT2D eigenvalue weighted by Gasteiger charge is 2.04. The Morgan fingerprint density at radius 1 is 1.54 bits per heavy atom. The maximum absolute atomic E-state index is 5.61. The Balaban J connectivity index is 2.68. The Bertz CT molecular complexity index is 263. The molecule has 1 aromatic rings. The lowest BCUT2D eigenvalue weighted by molar-refractivity contribution is 0.500. The second-order valence-electron chi connectivity index (χ2n) is 3.84. The predicted molar refractivity (Wildman–Crippen MR) is 54.3 cm³/mol. The van der Waals surface area contributed by atoms with Crippen molar-refractivity contribution in [1.82, 2.24) is 9.55 Å². The standard InChI is InChI=1S/C10H19N3/c1-8(2)4-5-13-9(3)12-7-10(13)6-11/h7-8H,4-6,11H2,1-3H3. The number of aromatic nitrogens is 2. The van der Waals surface area contributed by atoms with Crippen LogP contribution >= 0.6 is 0 Å². The van der Waals surface area contributed by atoms with Crippen molar-refractivity contribution in [3.8, 4) is 0 Å². The van der Waals surface area contributed by atoms with E-state index in [1.54, 1.807) is 0 Å². The summed E-state index contributed by atoms with van der Waals surface area (Å²) in [5.74, 6) is 1.80. The molecule has 3 nitrogen and oxygen atoms in total. The molecule has 0 aromatic carbocycles. The van der Waals surface area contributed by atoms with Gasteiger partial charge in [-0.25, -0.2) is 4.98 Å². The molecule has 1 heterocycles. The monoisotopic (exact) mass is 181 g/mol. The molecule has 0 fully saturated rings. The summed E-state index contributed by atoms with van der Waals surface area (Å²) < 4.78 is 2.21. The van der Waals surface area contributed by atoms with Gasteiger partial charge in [0.15, 0.2) is 0 Å². The number of nitrogens with zero attached hydrogens (tertiary/aromatic N) is 2. The van der Waals surface area contributed by atoms with Crippen LogP contribution < -0.4 is 5.73 Å².